The number of hydrogen-bond donors (Lipinski definition) is 3. The van der Waals surface area contributed by atoms with Gasteiger partial charge in [-0.3, -0.25) is 9.59 Å². The summed E-state index contributed by atoms with van der Waals surface area (Å²) in [5, 5.41) is 8.62. The Balaban J connectivity index is 1.90. The van der Waals surface area contributed by atoms with Crippen LogP contribution in [0.5, 0.6) is 0 Å². The fourth-order valence-corrected chi connectivity index (χ4v) is 2.24. The highest BCUT2D eigenvalue weighted by molar-refractivity contribution is 7.80. The molecule has 0 aliphatic carbocycles. The zero-order valence-electron chi connectivity index (χ0n) is 13.3. The molecule has 0 radical (unpaired) electrons. The second-order valence-corrected chi connectivity index (χ2v) is 5.56. The summed E-state index contributed by atoms with van der Waals surface area (Å²) in [5.74, 6) is -0.277. The van der Waals surface area contributed by atoms with E-state index in [1.165, 1.54) is 0 Å². The molecule has 124 valence electrons. The third kappa shape index (κ3) is 5.48. The van der Waals surface area contributed by atoms with Crippen LogP contribution in [0.4, 0.5) is 11.4 Å². The van der Waals surface area contributed by atoms with Crippen LogP contribution in [0.15, 0.2) is 54.6 Å². The quantitative estimate of drug-likeness (QED) is 0.728. The summed E-state index contributed by atoms with van der Waals surface area (Å²) in [4.78, 5) is 23.5. The summed E-state index contributed by atoms with van der Waals surface area (Å²) in [7, 11) is 0. The molecule has 2 aromatic rings. The van der Waals surface area contributed by atoms with Gasteiger partial charge in [0, 0.05) is 23.4 Å². The molecule has 0 heterocycles. The molecule has 0 bridgehead atoms. The fraction of sp³-hybridized carbons (Fsp3) is 0.167. The zero-order chi connectivity index (χ0) is 17.4. The van der Waals surface area contributed by atoms with E-state index in [-0.39, 0.29) is 16.9 Å². The standard InChI is InChI=1S/C18H19N3O2S/c1-2-6-16(22)21-18(24)20-15-11-9-14(10-12-15)19-17(23)13-7-4-3-5-8-13/h3-5,7-12H,2,6H2,1H3,(H,19,23)(H2,20,21,22,24). The summed E-state index contributed by atoms with van der Waals surface area (Å²) in [5.41, 5.74) is 2.00. The summed E-state index contributed by atoms with van der Waals surface area (Å²) in [6.07, 6.45) is 1.20. The van der Waals surface area contributed by atoms with Gasteiger partial charge in [-0.05, 0) is 55.0 Å². The predicted molar refractivity (Wildman–Crippen MR) is 100 cm³/mol. The number of carbonyl (C=O) groups excluding carboxylic acids is 2. The Hall–Kier alpha value is -2.73. The summed E-state index contributed by atoms with van der Waals surface area (Å²) < 4.78 is 0. The lowest BCUT2D eigenvalue weighted by Gasteiger charge is -2.10. The van der Waals surface area contributed by atoms with Crippen LogP contribution in [-0.2, 0) is 4.79 Å². The second-order valence-electron chi connectivity index (χ2n) is 5.15. The van der Waals surface area contributed by atoms with Crippen LogP contribution in [0.1, 0.15) is 30.1 Å². The summed E-state index contributed by atoms with van der Waals surface area (Å²) in [6.45, 7) is 1.93. The van der Waals surface area contributed by atoms with Crippen LogP contribution < -0.4 is 16.0 Å². The number of rotatable bonds is 5. The van der Waals surface area contributed by atoms with Gasteiger partial charge < -0.3 is 16.0 Å². The maximum Gasteiger partial charge on any atom is 0.255 e. The summed E-state index contributed by atoms with van der Waals surface area (Å²) >= 11 is 5.08. The zero-order valence-corrected chi connectivity index (χ0v) is 14.2. The van der Waals surface area contributed by atoms with Gasteiger partial charge in [0.2, 0.25) is 5.91 Å². The summed E-state index contributed by atoms with van der Waals surface area (Å²) in [6, 6.07) is 16.1. The van der Waals surface area contributed by atoms with Crippen LogP contribution in [-0.4, -0.2) is 16.9 Å². The number of thiocarbonyl (C=S) groups is 1. The predicted octanol–water partition coefficient (Wildman–Crippen LogP) is 3.55. The molecule has 0 saturated carbocycles. The van der Waals surface area contributed by atoms with Crippen LogP contribution in [0, 0.1) is 0 Å². The lowest BCUT2D eigenvalue weighted by atomic mass is 10.2. The van der Waals surface area contributed by atoms with Crippen molar-refractivity contribution in [3.8, 4) is 0 Å². The number of hydrogen-bond acceptors (Lipinski definition) is 3. The van der Waals surface area contributed by atoms with Crippen molar-refractivity contribution in [3.63, 3.8) is 0 Å². The third-order valence-corrected chi connectivity index (χ3v) is 3.37. The van der Waals surface area contributed by atoms with Crippen molar-refractivity contribution < 1.29 is 9.59 Å². The molecule has 0 fully saturated rings. The van der Waals surface area contributed by atoms with Crippen LogP contribution in [0.25, 0.3) is 0 Å². The minimum Gasteiger partial charge on any atom is -0.332 e. The smallest absolute Gasteiger partial charge is 0.255 e. The van der Waals surface area contributed by atoms with Gasteiger partial charge in [0.15, 0.2) is 5.11 Å². The monoisotopic (exact) mass is 341 g/mol. The molecule has 5 nitrogen and oxygen atoms in total. The molecule has 2 amide bonds. The van der Waals surface area contributed by atoms with Crippen molar-refractivity contribution in [2.75, 3.05) is 10.6 Å². The van der Waals surface area contributed by atoms with Crippen LogP contribution in [0.2, 0.25) is 0 Å². The molecule has 0 aliphatic heterocycles. The van der Waals surface area contributed by atoms with Crippen LogP contribution in [0.3, 0.4) is 0 Å². The van der Waals surface area contributed by atoms with E-state index >= 15 is 0 Å². The van der Waals surface area contributed by atoms with Gasteiger partial charge in [-0.15, -0.1) is 0 Å². The maximum atomic E-state index is 12.1. The van der Waals surface area contributed by atoms with Gasteiger partial charge in [-0.1, -0.05) is 25.1 Å². The number of carbonyl (C=O) groups is 2. The first kappa shape index (κ1) is 17.6. The Morgan fingerprint density at radius 2 is 1.50 bits per heavy atom. The van der Waals surface area contributed by atoms with Gasteiger partial charge in [0.05, 0.1) is 0 Å². The topological polar surface area (TPSA) is 70.2 Å². The molecule has 2 rings (SSSR count). The minimum atomic E-state index is -0.168. The molecule has 0 aromatic heterocycles. The highest BCUT2D eigenvalue weighted by Crippen LogP contribution is 2.14. The highest BCUT2D eigenvalue weighted by Gasteiger charge is 2.06. The molecule has 3 N–H and O–H groups in total. The fourth-order valence-electron chi connectivity index (χ4n) is 2.01. The van der Waals surface area contributed by atoms with E-state index < -0.39 is 0 Å². The Morgan fingerprint density at radius 3 is 2.08 bits per heavy atom. The molecule has 0 spiro atoms. The van der Waals surface area contributed by atoms with Gasteiger partial charge in [-0.25, -0.2) is 0 Å². The molecule has 0 saturated heterocycles. The van der Waals surface area contributed by atoms with Crippen molar-refractivity contribution in [1.29, 1.82) is 0 Å². The van der Waals surface area contributed by atoms with E-state index in [1.54, 1.807) is 36.4 Å². The van der Waals surface area contributed by atoms with Crippen molar-refractivity contribution in [1.82, 2.24) is 5.32 Å². The highest BCUT2D eigenvalue weighted by atomic mass is 32.1. The SMILES string of the molecule is CCCC(=O)NC(=S)Nc1ccc(NC(=O)c2ccccc2)cc1. The van der Waals surface area contributed by atoms with Crippen molar-refractivity contribution >= 4 is 40.5 Å². The van der Waals surface area contributed by atoms with Crippen molar-refractivity contribution in [2.45, 2.75) is 19.8 Å². The van der Waals surface area contributed by atoms with E-state index in [0.717, 1.165) is 12.1 Å². The molecule has 0 aliphatic rings. The minimum absolute atomic E-state index is 0.109. The Labute approximate surface area is 146 Å². The van der Waals surface area contributed by atoms with E-state index in [0.29, 0.717) is 17.7 Å². The normalized spacial score (nSPS) is 9.88. The largest absolute Gasteiger partial charge is 0.332 e. The Kier molecular flexibility index (Phi) is 6.45. The van der Waals surface area contributed by atoms with Gasteiger partial charge in [0.1, 0.15) is 0 Å². The molecule has 0 atom stereocenters. The Bertz CT molecular complexity index is 715. The van der Waals surface area contributed by atoms with Gasteiger partial charge >= 0.3 is 0 Å². The van der Waals surface area contributed by atoms with Gasteiger partial charge in [-0.2, -0.15) is 0 Å². The number of anilines is 2. The van der Waals surface area contributed by atoms with Crippen molar-refractivity contribution in [2.24, 2.45) is 0 Å². The lowest BCUT2D eigenvalue weighted by molar-refractivity contribution is -0.119. The first-order valence-electron chi connectivity index (χ1n) is 7.66. The van der Waals surface area contributed by atoms with E-state index in [2.05, 4.69) is 16.0 Å². The number of nitrogens with one attached hydrogen (secondary N) is 3. The Morgan fingerprint density at radius 1 is 0.917 bits per heavy atom. The maximum absolute atomic E-state index is 12.1. The molecule has 2 aromatic carbocycles. The molecule has 6 heteroatoms. The first-order chi connectivity index (χ1) is 11.6. The van der Waals surface area contributed by atoms with Gasteiger partial charge in [0.25, 0.3) is 5.91 Å². The van der Waals surface area contributed by atoms with Crippen LogP contribution >= 0.6 is 12.2 Å². The lowest BCUT2D eigenvalue weighted by Crippen LogP contribution is -2.33. The number of amides is 2. The molecular weight excluding hydrogens is 322 g/mol. The van der Waals surface area contributed by atoms with E-state index in [4.69, 9.17) is 12.2 Å². The molecule has 24 heavy (non-hydrogen) atoms. The van der Waals surface area contributed by atoms with Crippen molar-refractivity contribution in [3.05, 3.63) is 60.2 Å². The van der Waals surface area contributed by atoms with E-state index in [9.17, 15) is 9.59 Å². The second kappa shape index (κ2) is 8.79. The molecule has 0 unspecified atom stereocenters. The average molecular weight is 341 g/mol. The average Bonchev–Trinajstić information content (AvgIpc) is 2.57. The van der Waals surface area contributed by atoms with E-state index in [1.807, 2.05) is 25.1 Å². The first-order valence-corrected chi connectivity index (χ1v) is 8.06. The molecular formula is C18H19N3O2S. The third-order valence-electron chi connectivity index (χ3n) is 3.17. The number of benzene rings is 2.